The number of rotatable bonds is 5. The Morgan fingerprint density at radius 3 is 2.70 bits per heavy atom. The van der Waals surface area contributed by atoms with E-state index < -0.39 is 0 Å². The van der Waals surface area contributed by atoms with Crippen molar-refractivity contribution in [3.63, 3.8) is 0 Å². The van der Waals surface area contributed by atoms with E-state index in [1.807, 2.05) is 67.2 Å². The first-order valence-corrected chi connectivity index (χ1v) is 10.6. The topological polar surface area (TPSA) is 79.8 Å². The third-order valence-electron chi connectivity index (χ3n) is 5.29. The normalized spacial score (nSPS) is 15.2. The molecule has 0 amide bonds. The minimum Gasteiger partial charge on any atom is -0.489 e. The third kappa shape index (κ3) is 3.11. The van der Waals surface area contributed by atoms with Gasteiger partial charge in [0, 0.05) is 19.2 Å². The highest BCUT2D eigenvalue weighted by Gasteiger charge is 2.25. The van der Waals surface area contributed by atoms with E-state index >= 15 is 0 Å². The zero-order chi connectivity index (χ0) is 20.7. The van der Waals surface area contributed by atoms with Gasteiger partial charge < -0.3 is 4.74 Å². The van der Waals surface area contributed by atoms with Gasteiger partial charge in [-0.1, -0.05) is 48.2 Å². The number of fused-ring (bicyclic) bond motifs is 1. The molecule has 30 heavy (non-hydrogen) atoms. The highest BCUT2D eigenvalue weighted by molar-refractivity contribution is 7.99. The van der Waals surface area contributed by atoms with Gasteiger partial charge in [0.25, 0.3) is 5.56 Å². The molecule has 5 rings (SSSR count). The Hall–Kier alpha value is -3.33. The number of nitrogens with zero attached hydrogens (tertiary/aromatic N) is 6. The van der Waals surface area contributed by atoms with E-state index in [2.05, 4.69) is 21.6 Å². The van der Waals surface area contributed by atoms with E-state index in [0.717, 1.165) is 23.6 Å². The summed E-state index contributed by atoms with van der Waals surface area (Å²) in [6.45, 7) is 1.89. The Bertz CT molecular complexity index is 1240. The van der Waals surface area contributed by atoms with Crippen LogP contribution < -0.4 is 10.3 Å². The maximum atomic E-state index is 13.3. The lowest BCUT2D eigenvalue weighted by Gasteiger charge is -2.09. The third-order valence-corrected chi connectivity index (χ3v) is 6.34. The fraction of sp³-hybridized carbons (Fsp3) is 0.238. The second-order valence-electron chi connectivity index (χ2n) is 7.15. The van der Waals surface area contributed by atoms with Crippen molar-refractivity contribution in [2.24, 2.45) is 7.05 Å². The van der Waals surface area contributed by atoms with Gasteiger partial charge in [0.1, 0.15) is 11.9 Å². The number of hydrogen-bond donors (Lipinski definition) is 0. The van der Waals surface area contributed by atoms with E-state index in [9.17, 15) is 4.79 Å². The predicted molar refractivity (Wildman–Crippen MR) is 114 cm³/mol. The van der Waals surface area contributed by atoms with E-state index in [1.165, 1.54) is 22.0 Å². The number of para-hydroxylation sites is 2. The standard InChI is InChI=1S/C21H20N6O2S/c1-14-19(20(28)27(25(14)2)16-9-4-3-5-10-16)26-21(22-23-24-26)30-13-17-12-15-8-6-7-11-18(15)29-17/h3-11,17H,12-13H2,1-2H3. The van der Waals surface area contributed by atoms with Crippen LogP contribution in [0.3, 0.4) is 0 Å². The van der Waals surface area contributed by atoms with Crippen LogP contribution in [0.5, 0.6) is 5.75 Å². The van der Waals surface area contributed by atoms with Gasteiger partial charge in [-0.15, -0.1) is 5.10 Å². The molecule has 4 aromatic rings. The van der Waals surface area contributed by atoms with Gasteiger partial charge in [0.2, 0.25) is 5.16 Å². The molecule has 1 aliphatic rings. The van der Waals surface area contributed by atoms with Crippen LogP contribution in [0, 0.1) is 6.92 Å². The average molecular weight is 420 g/mol. The Morgan fingerprint density at radius 2 is 1.90 bits per heavy atom. The van der Waals surface area contributed by atoms with Crippen molar-refractivity contribution >= 4 is 11.8 Å². The summed E-state index contributed by atoms with van der Waals surface area (Å²) < 4.78 is 11.0. The van der Waals surface area contributed by atoms with E-state index in [4.69, 9.17) is 4.74 Å². The van der Waals surface area contributed by atoms with Crippen molar-refractivity contribution in [2.75, 3.05) is 5.75 Å². The molecule has 2 aromatic heterocycles. The summed E-state index contributed by atoms with van der Waals surface area (Å²) >= 11 is 1.49. The number of hydrogen-bond acceptors (Lipinski definition) is 6. The maximum Gasteiger partial charge on any atom is 0.297 e. The Labute approximate surface area is 177 Å². The molecule has 1 aliphatic heterocycles. The minimum absolute atomic E-state index is 0.0513. The molecule has 1 unspecified atom stereocenters. The van der Waals surface area contributed by atoms with Crippen molar-refractivity contribution in [2.45, 2.75) is 24.6 Å². The first-order chi connectivity index (χ1) is 14.6. The Balaban J connectivity index is 1.42. The molecule has 0 radical (unpaired) electrons. The van der Waals surface area contributed by atoms with Gasteiger partial charge in [0.05, 0.1) is 11.4 Å². The van der Waals surface area contributed by atoms with Crippen molar-refractivity contribution in [3.8, 4) is 17.1 Å². The molecule has 8 nitrogen and oxygen atoms in total. The zero-order valence-corrected chi connectivity index (χ0v) is 17.4. The summed E-state index contributed by atoms with van der Waals surface area (Å²) in [4.78, 5) is 13.3. The lowest BCUT2D eigenvalue weighted by molar-refractivity contribution is 0.259. The molecule has 0 spiro atoms. The number of aromatic nitrogens is 6. The van der Waals surface area contributed by atoms with Gasteiger partial charge in [0.15, 0.2) is 5.69 Å². The number of thioether (sulfide) groups is 1. The van der Waals surface area contributed by atoms with Gasteiger partial charge >= 0.3 is 0 Å². The molecule has 0 saturated carbocycles. The van der Waals surface area contributed by atoms with Crippen molar-refractivity contribution in [3.05, 3.63) is 76.2 Å². The van der Waals surface area contributed by atoms with Gasteiger partial charge in [-0.3, -0.25) is 9.48 Å². The van der Waals surface area contributed by atoms with Crippen LogP contribution >= 0.6 is 11.8 Å². The van der Waals surface area contributed by atoms with Crippen LogP contribution in [0.15, 0.2) is 64.5 Å². The molecule has 9 heteroatoms. The molecule has 2 aromatic carbocycles. The summed E-state index contributed by atoms with van der Waals surface area (Å²) in [5.74, 6) is 1.63. The van der Waals surface area contributed by atoms with Crippen LogP contribution in [0.2, 0.25) is 0 Å². The minimum atomic E-state index is -0.167. The molecule has 0 N–H and O–H groups in total. The number of benzene rings is 2. The molecule has 3 heterocycles. The Kier molecular flexibility index (Phi) is 4.66. The number of ether oxygens (including phenoxy) is 1. The van der Waals surface area contributed by atoms with Crippen molar-refractivity contribution in [1.82, 2.24) is 29.6 Å². The smallest absolute Gasteiger partial charge is 0.297 e. The molecule has 0 bridgehead atoms. The molecule has 0 fully saturated rings. The first kappa shape index (κ1) is 18.7. The summed E-state index contributed by atoms with van der Waals surface area (Å²) in [6, 6.07) is 17.6. The molecule has 152 valence electrons. The van der Waals surface area contributed by atoms with Crippen molar-refractivity contribution < 1.29 is 4.74 Å². The summed E-state index contributed by atoms with van der Waals surface area (Å²) in [5.41, 5.74) is 3.07. The molecule has 1 atom stereocenters. The van der Waals surface area contributed by atoms with E-state index in [1.54, 1.807) is 4.68 Å². The summed E-state index contributed by atoms with van der Waals surface area (Å²) in [6.07, 6.45) is 0.908. The quantitative estimate of drug-likeness (QED) is 0.462. The first-order valence-electron chi connectivity index (χ1n) is 9.63. The van der Waals surface area contributed by atoms with E-state index in [-0.39, 0.29) is 11.7 Å². The Morgan fingerprint density at radius 1 is 1.13 bits per heavy atom. The maximum absolute atomic E-state index is 13.3. The van der Waals surface area contributed by atoms with Gasteiger partial charge in [-0.05, 0) is 41.1 Å². The molecular weight excluding hydrogens is 400 g/mol. The van der Waals surface area contributed by atoms with Crippen LogP contribution in [-0.2, 0) is 13.5 Å². The largest absolute Gasteiger partial charge is 0.489 e. The van der Waals surface area contributed by atoms with Gasteiger partial charge in [-0.25, -0.2) is 4.68 Å². The predicted octanol–water partition coefficient (Wildman–Crippen LogP) is 2.56. The fourth-order valence-electron chi connectivity index (χ4n) is 3.72. The van der Waals surface area contributed by atoms with Crippen molar-refractivity contribution in [1.29, 1.82) is 0 Å². The lowest BCUT2D eigenvalue weighted by Crippen LogP contribution is -2.22. The van der Waals surface area contributed by atoms with Crippen LogP contribution in [-0.4, -0.2) is 41.4 Å². The average Bonchev–Trinajstić information content (AvgIpc) is 3.44. The zero-order valence-electron chi connectivity index (χ0n) is 16.6. The summed E-state index contributed by atoms with van der Waals surface area (Å²) in [7, 11) is 1.86. The van der Waals surface area contributed by atoms with Crippen LogP contribution in [0.1, 0.15) is 11.3 Å². The monoisotopic (exact) mass is 420 g/mol. The van der Waals surface area contributed by atoms with Crippen LogP contribution in [0.4, 0.5) is 0 Å². The summed E-state index contributed by atoms with van der Waals surface area (Å²) in [5, 5.41) is 12.6. The number of tetrazole rings is 1. The fourth-order valence-corrected chi connectivity index (χ4v) is 4.59. The second kappa shape index (κ2) is 7.49. The molecule has 0 aliphatic carbocycles. The van der Waals surface area contributed by atoms with E-state index in [0.29, 0.717) is 16.6 Å². The SMILES string of the molecule is Cc1c(-n2nnnc2SCC2Cc3ccccc3O2)c(=O)n(-c2ccccc2)n1C. The van der Waals surface area contributed by atoms with Gasteiger partial charge in [-0.2, -0.15) is 4.68 Å². The highest BCUT2D eigenvalue weighted by atomic mass is 32.2. The lowest BCUT2D eigenvalue weighted by atomic mass is 10.1. The molecule has 0 saturated heterocycles. The molecular formula is C21H20N6O2S. The second-order valence-corrected chi connectivity index (χ2v) is 8.13. The van der Waals surface area contributed by atoms with Crippen LogP contribution in [0.25, 0.3) is 11.4 Å². The highest BCUT2D eigenvalue weighted by Crippen LogP contribution is 2.31.